The van der Waals surface area contributed by atoms with E-state index < -0.39 is 0 Å². The van der Waals surface area contributed by atoms with E-state index >= 15 is 0 Å². The van der Waals surface area contributed by atoms with Crippen LogP contribution in [0, 0.1) is 5.92 Å². The molecule has 0 saturated carbocycles. The van der Waals surface area contributed by atoms with E-state index in [1.165, 1.54) is 0 Å². The molecule has 0 radical (unpaired) electrons. The van der Waals surface area contributed by atoms with Crippen LogP contribution in [-0.2, 0) is 0 Å². The van der Waals surface area contributed by atoms with Crippen molar-refractivity contribution in [2.24, 2.45) is 5.92 Å². The van der Waals surface area contributed by atoms with E-state index in [0.717, 1.165) is 18.5 Å². The highest BCUT2D eigenvalue weighted by molar-refractivity contribution is 6.30. The third kappa shape index (κ3) is 4.45. The van der Waals surface area contributed by atoms with Gasteiger partial charge in [0.15, 0.2) is 5.78 Å². The van der Waals surface area contributed by atoms with Gasteiger partial charge in [0, 0.05) is 35.3 Å². The monoisotopic (exact) mass is 386 g/mol. The van der Waals surface area contributed by atoms with Crippen molar-refractivity contribution in [2.75, 3.05) is 18.8 Å². The first-order chi connectivity index (χ1) is 12.8. The van der Waals surface area contributed by atoms with Gasteiger partial charge in [0.25, 0.3) is 5.91 Å². The number of halogens is 1. The molecule has 2 aromatic rings. The molecule has 1 aliphatic rings. The SMILES string of the molecule is CC(C)c1cc(C(=O)N2CCCC(C(=O)c3ccc(Cl)cc3)C2)nc(N)n1. The number of likely N-dealkylation sites (tertiary alicyclic amines) is 1. The molecule has 7 heteroatoms. The van der Waals surface area contributed by atoms with Gasteiger partial charge in [-0.15, -0.1) is 0 Å². The van der Waals surface area contributed by atoms with E-state index in [4.69, 9.17) is 17.3 Å². The molecule has 0 spiro atoms. The first-order valence-corrected chi connectivity index (χ1v) is 9.46. The summed E-state index contributed by atoms with van der Waals surface area (Å²) in [4.78, 5) is 35.7. The molecular formula is C20H23ClN4O2. The minimum Gasteiger partial charge on any atom is -0.368 e. The first-order valence-electron chi connectivity index (χ1n) is 9.08. The predicted molar refractivity (Wildman–Crippen MR) is 105 cm³/mol. The van der Waals surface area contributed by atoms with Gasteiger partial charge in [-0.1, -0.05) is 25.4 Å². The molecule has 1 atom stereocenters. The molecule has 142 valence electrons. The zero-order valence-electron chi connectivity index (χ0n) is 15.5. The Bertz CT molecular complexity index is 852. The number of nitrogens with zero attached hydrogens (tertiary/aromatic N) is 3. The summed E-state index contributed by atoms with van der Waals surface area (Å²) in [5.41, 5.74) is 7.40. The molecule has 2 N–H and O–H groups in total. The second kappa shape index (κ2) is 8.05. The second-order valence-electron chi connectivity index (χ2n) is 7.15. The van der Waals surface area contributed by atoms with Crippen molar-refractivity contribution in [1.82, 2.24) is 14.9 Å². The fourth-order valence-electron chi connectivity index (χ4n) is 3.28. The number of amides is 1. The summed E-state index contributed by atoms with van der Waals surface area (Å²) in [6.45, 7) is 4.95. The van der Waals surface area contributed by atoms with Crippen molar-refractivity contribution >= 4 is 29.2 Å². The van der Waals surface area contributed by atoms with Gasteiger partial charge < -0.3 is 10.6 Å². The number of carbonyl (C=O) groups excluding carboxylic acids is 2. The molecule has 3 rings (SSSR count). The predicted octanol–water partition coefficient (Wildman–Crippen LogP) is 3.57. The van der Waals surface area contributed by atoms with Crippen LogP contribution in [0.15, 0.2) is 30.3 Å². The van der Waals surface area contributed by atoms with Crippen LogP contribution in [-0.4, -0.2) is 39.6 Å². The summed E-state index contributed by atoms with van der Waals surface area (Å²) >= 11 is 5.90. The third-order valence-electron chi connectivity index (χ3n) is 4.78. The Hall–Kier alpha value is -2.47. The number of carbonyl (C=O) groups is 2. The number of nitrogens with two attached hydrogens (primary N) is 1. The van der Waals surface area contributed by atoms with Crippen molar-refractivity contribution in [3.8, 4) is 0 Å². The van der Waals surface area contributed by atoms with Gasteiger partial charge in [0.2, 0.25) is 5.95 Å². The molecule has 1 saturated heterocycles. The Kier molecular flexibility index (Phi) is 5.75. The van der Waals surface area contributed by atoms with Gasteiger partial charge in [-0.3, -0.25) is 9.59 Å². The number of ketones is 1. The van der Waals surface area contributed by atoms with Gasteiger partial charge in [-0.05, 0) is 49.1 Å². The minimum absolute atomic E-state index is 0.0363. The molecule has 0 bridgehead atoms. The van der Waals surface area contributed by atoms with Crippen LogP contribution in [0.2, 0.25) is 5.02 Å². The highest BCUT2D eigenvalue weighted by atomic mass is 35.5. The number of Topliss-reactive ketones (excluding diaryl/α,β-unsaturated/α-hetero) is 1. The largest absolute Gasteiger partial charge is 0.368 e. The van der Waals surface area contributed by atoms with Crippen molar-refractivity contribution in [1.29, 1.82) is 0 Å². The van der Waals surface area contributed by atoms with Crippen LogP contribution in [0.5, 0.6) is 0 Å². The number of nitrogen functional groups attached to an aromatic ring is 1. The van der Waals surface area contributed by atoms with Gasteiger partial charge in [0.1, 0.15) is 5.69 Å². The quantitative estimate of drug-likeness (QED) is 0.811. The number of hydrogen-bond acceptors (Lipinski definition) is 5. The topological polar surface area (TPSA) is 89.2 Å². The molecule has 1 aromatic carbocycles. The Morgan fingerprint density at radius 2 is 1.93 bits per heavy atom. The van der Waals surface area contributed by atoms with Crippen LogP contribution in [0.4, 0.5) is 5.95 Å². The van der Waals surface area contributed by atoms with Gasteiger partial charge in [-0.25, -0.2) is 9.97 Å². The second-order valence-corrected chi connectivity index (χ2v) is 7.59. The lowest BCUT2D eigenvalue weighted by molar-refractivity contribution is 0.0632. The maximum absolute atomic E-state index is 12.9. The summed E-state index contributed by atoms with van der Waals surface area (Å²) in [5, 5.41) is 0.592. The average molecular weight is 387 g/mol. The van der Waals surface area contributed by atoms with Crippen LogP contribution < -0.4 is 5.73 Å². The maximum atomic E-state index is 12.9. The number of aromatic nitrogens is 2. The lowest BCUT2D eigenvalue weighted by Gasteiger charge is -2.32. The summed E-state index contributed by atoms with van der Waals surface area (Å²) in [7, 11) is 0. The minimum atomic E-state index is -0.229. The molecule has 6 nitrogen and oxygen atoms in total. The average Bonchev–Trinajstić information content (AvgIpc) is 2.67. The summed E-state index contributed by atoms with van der Waals surface area (Å²) < 4.78 is 0. The highest BCUT2D eigenvalue weighted by Gasteiger charge is 2.30. The lowest BCUT2D eigenvalue weighted by atomic mass is 9.90. The summed E-state index contributed by atoms with van der Waals surface area (Å²) in [6.07, 6.45) is 1.53. The Morgan fingerprint density at radius 3 is 2.59 bits per heavy atom. The highest BCUT2D eigenvalue weighted by Crippen LogP contribution is 2.24. The Morgan fingerprint density at radius 1 is 1.22 bits per heavy atom. The standard InChI is InChI=1S/C20H23ClN4O2/c1-12(2)16-10-17(24-20(22)23-16)19(27)25-9-3-4-14(11-25)18(26)13-5-7-15(21)8-6-13/h5-8,10,12,14H,3-4,9,11H2,1-2H3,(H2,22,23,24). The van der Waals surface area contributed by atoms with Crippen molar-refractivity contribution < 1.29 is 9.59 Å². The molecule has 0 aliphatic carbocycles. The molecule has 1 unspecified atom stereocenters. The molecule has 27 heavy (non-hydrogen) atoms. The zero-order chi connectivity index (χ0) is 19.6. The van der Waals surface area contributed by atoms with Crippen molar-refractivity contribution in [2.45, 2.75) is 32.6 Å². The van der Waals surface area contributed by atoms with E-state index in [1.54, 1.807) is 35.2 Å². The Balaban J connectivity index is 1.77. The number of benzene rings is 1. The number of anilines is 1. The Labute approximate surface area is 163 Å². The molecule has 1 aromatic heterocycles. The molecule has 1 amide bonds. The van der Waals surface area contributed by atoms with Gasteiger partial charge >= 0.3 is 0 Å². The van der Waals surface area contributed by atoms with Crippen molar-refractivity contribution in [3.05, 3.63) is 52.3 Å². The molecular weight excluding hydrogens is 364 g/mol. The smallest absolute Gasteiger partial charge is 0.272 e. The third-order valence-corrected chi connectivity index (χ3v) is 5.03. The molecule has 1 fully saturated rings. The number of piperidine rings is 1. The number of rotatable bonds is 4. The first kappa shape index (κ1) is 19.3. The van der Waals surface area contributed by atoms with Gasteiger partial charge in [0.05, 0.1) is 0 Å². The van der Waals surface area contributed by atoms with E-state index in [1.807, 2.05) is 13.8 Å². The van der Waals surface area contributed by atoms with E-state index in [-0.39, 0.29) is 35.2 Å². The molecule has 2 heterocycles. The molecule has 1 aliphatic heterocycles. The zero-order valence-corrected chi connectivity index (χ0v) is 16.2. The summed E-state index contributed by atoms with van der Waals surface area (Å²) in [5.74, 6) is -0.167. The van der Waals surface area contributed by atoms with E-state index in [0.29, 0.717) is 23.7 Å². The van der Waals surface area contributed by atoms with E-state index in [9.17, 15) is 9.59 Å². The van der Waals surface area contributed by atoms with Crippen LogP contribution >= 0.6 is 11.6 Å². The van der Waals surface area contributed by atoms with E-state index in [2.05, 4.69) is 9.97 Å². The van der Waals surface area contributed by atoms with Crippen LogP contribution in [0.1, 0.15) is 59.1 Å². The fraction of sp³-hybridized carbons (Fsp3) is 0.400. The number of hydrogen-bond donors (Lipinski definition) is 1. The van der Waals surface area contributed by atoms with Crippen LogP contribution in [0.25, 0.3) is 0 Å². The maximum Gasteiger partial charge on any atom is 0.272 e. The van der Waals surface area contributed by atoms with Gasteiger partial charge in [-0.2, -0.15) is 0 Å². The van der Waals surface area contributed by atoms with Crippen LogP contribution in [0.3, 0.4) is 0 Å². The normalized spacial score (nSPS) is 17.2. The fourth-order valence-corrected chi connectivity index (χ4v) is 3.40. The summed E-state index contributed by atoms with van der Waals surface area (Å²) in [6, 6.07) is 8.56. The van der Waals surface area contributed by atoms with Crippen molar-refractivity contribution in [3.63, 3.8) is 0 Å². The lowest BCUT2D eigenvalue weighted by Crippen LogP contribution is -2.42.